The number of fused-ring (bicyclic) bond motifs is 1. The summed E-state index contributed by atoms with van der Waals surface area (Å²) < 4.78 is 2.70. The Hall–Kier alpha value is -1.59. The SMILES string of the molecule is Cc1nn(C)c2ncc(NCc3ccc(Br)c(Cl)c3)cc12. The van der Waals surface area contributed by atoms with Gasteiger partial charge in [0.25, 0.3) is 0 Å². The van der Waals surface area contributed by atoms with Gasteiger partial charge in [0.2, 0.25) is 0 Å². The van der Waals surface area contributed by atoms with Gasteiger partial charge >= 0.3 is 0 Å². The maximum absolute atomic E-state index is 6.10. The lowest BCUT2D eigenvalue weighted by atomic mass is 10.2. The zero-order chi connectivity index (χ0) is 15.0. The predicted molar refractivity (Wildman–Crippen MR) is 89.7 cm³/mol. The lowest BCUT2D eigenvalue weighted by Crippen LogP contribution is -2.00. The van der Waals surface area contributed by atoms with Crippen LogP contribution in [0, 0.1) is 6.92 Å². The van der Waals surface area contributed by atoms with Crippen LogP contribution in [0.3, 0.4) is 0 Å². The monoisotopic (exact) mass is 364 g/mol. The molecule has 108 valence electrons. The fourth-order valence-corrected chi connectivity index (χ4v) is 2.71. The second-order valence-corrected chi connectivity index (χ2v) is 6.17. The molecular formula is C15H14BrClN4. The van der Waals surface area contributed by atoms with Gasteiger partial charge in [0.05, 0.1) is 22.6 Å². The summed E-state index contributed by atoms with van der Waals surface area (Å²) in [7, 11) is 1.90. The van der Waals surface area contributed by atoms with Crippen molar-refractivity contribution in [2.24, 2.45) is 7.05 Å². The minimum Gasteiger partial charge on any atom is -0.380 e. The summed E-state index contributed by atoms with van der Waals surface area (Å²) in [5.74, 6) is 0. The van der Waals surface area contributed by atoms with Crippen LogP contribution in [0.4, 0.5) is 5.69 Å². The van der Waals surface area contributed by atoms with Crippen molar-refractivity contribution >= 4 is 44.3 Å². The van der Waals surface area contributed by atoms with Crippen molar-refractivity contribution in [3.05, 3.63) is 51.2 Å². The van der Waals surface area contributed by atoms with E-state index in [-0.39, 0.29) is 0 Å². The standard InChI is InChI=1S/C15H14BrClN4/c1-9-12-6-11(8-19-15(12)21(2)20-9)18-7-10-3-4-13(16)14(17)5-10/h3-6,8,18H,7H2,1-2H3. The van der Waals surface area contributed by atoms with E-state index in [1.807, 2.05) is 38.4 Å². The summed E-state index contributed by atoms with van der Waals surface area (Å²) in [6, 6.07) is 8.00. The van der Waals surface area contributed by atoms with Crippen LogP contribution in [0.25, 0.3) is 11.0 Å². The van der Waals surface area contributed by atoms with Crippen LogP contribution >= 0.6 is 27.5 Å². The van der Waals surface area contributed by atoms with E-state index in [9.17, 15) is 0 Å². The second kappa shape index (κ2) is 5.66. The molecule has 0 aliphatic heterocycles. The number of rotatable bonds is 3. The van der Waals surface area contributed by atoms with Gasteiger partial charge in [0, 0.05) is 23.5 Å². The van der Waals surface area contributed by atoms with Crippen molar-refractivity contribution in [3.8, 4) is 0 Å². The van der Waals surface area contributed by atoms with Gasteiger partial charge in [-0.2, -0.15) is 5.10 Å². The van der Waals surface area contributed by atoms with Crippen molar-refractivity contribution in [2.75, 3.05) is 5.32 Å². The molecule has 0 fully saturated rings. The molecule has 6 heteroatoms. The van der Waals surface area contributed by atoms with Crippen LogP contribution < -0.4 is 5.32 Å². The highest BCUT2D eigenvalue weighted by atomic mass is 79.9. The Morgan fingerprint density at radius 3 is 2.90 bits per heavy atom. The van der Waals surface area contributed by atoms with Gasteiger partial charge in [-0.15, -0.1) is 0 Å². The van der Waals surface area contributed by atoms with E-state index in [4.69, 9.17) is 11.6 Å². The molecule has 1 N–H and O–H groups in total. The molecule has 0 amide bonds. The highest BCUT2D eigenvalue weighted by Gasteiger charge is 2.07. The molecule has 3 rings (SSSR count). The molecular weight excluding hydrogens is 352 g/mol. The molecule has 0 saturated carbocycles. The van der Waals surface area contributed by atoms with E-state index < -0.39 is 0 Å². The normalized spacial score (nSPS) is 11.0. The summed E-state index contributed by atoms with van der Waals surface area (Å²) in [5, 5.41) is 9.52. The first-order valence-corrected chi connectivity index (χ1v) is 7.69. The zero-order valence-electron chi connectivity index (χ0n) is 11.7. The van der Waals surface area contributed by atoms with Crippen LogP contribution in [0.1, 0.15) is 11.3 Å². The Morgan fingerprint density at radius 2 is 2.14 bits per heavy atom. The van der Waals surface area contributed by atoms with Gasteiger partial charge in [-0.1, -0.05) is 17.7 Å². The first-order chi connectivity index (χ1) is 10.0. The van der Waals surface area contributed by atoms with E-state index in [1.165, 1.54) is 0 Å². The van der Waals surface area contributed by atoms with Gasteiger partial charge in [-0.25, -0.2) is 4.98 Å². The first kappa shape index (κ1) is 14.4. The number of aryl methyl sites for hydroxylation is 2. The van der Waals surface area contributed by atoms with E-state index >= 15 is 0 Å². The number of aromatic nitrogens is 3. The van der Waals surface area contributed by atoms with E-state index in [0.29, 0.717) is 11.6 Å². The maximum Gasteiger partial charge on any atom is 0.157 e. The summed E-state index contributed by atoms with van der Waals surface area (Å²) >= 11 is 9.49. The number of anilines is 1. The minimum absolute atomic E-state index is 0.694. The van der Waals surface area contributed by atoms with E-state index in [0.717, 1.165) is 32.5 Å². The molecule has 0 unspecified atom stereocenters. The van der Waals surface area contributed by atoms with Crippen LogP contribution in [0.2, 0.25) is 5.02 Å². The molecule has 0 spiro atoms. The topological polar surface area (TPSA) is 42.7 Å². The highest BCUT2D eigenvalue weighted by molar-refractivity contribution is 9.10. The largest absolute Gasteiger partial charge is 0.380 e. The molecule has 0 radical (unpaired) electrons. The molecule has 21 heavy (non-hydrogen) atoms. The number of hydrogen-bond donors (Lipinski definition) is 1. The number of hydrogen-bond acceptors (Lipinski definition) is 3. The summed E-state index contributed by atoms with van der Waals surface area (Å²) in [4.78, 5) is 4.45. The number of nitrogens with zero attached hydrogens (tertiary/aromatic N) is 3. The average Bonchev–Trinajstić information content (AvgIpc) is 2.75. The molecule has 0 bridgehead atoms. The maximum atomic E-state index is 6.10. The molecule has 2 heterocycles. The fourth-order valence-electron chi connectivity index (χ4n) is 2.26. The summed E-state index contributed by atoms with van der Waals surface area (Å²) in [6.45, 7) is 2.68. The Bertz CT molecular complexity index is 813. The highest BCUT2D eigenvalue weighted by Crippen LogP contribution is 2.24. The van der Waals surface area contributed by atoms with Crippen LogP contribution in [-0.2, 0) is 13.6 Å². The van der Waals surface area contributed by atoms with E-state index in [2.05, 4.69) is 37.4 Å². The molecule has 2 aromatic heterocycles. The number of halogens is 2. The third-order valence-electron chi connectivity index (χ3n) is 3.34. The Kier molecular flexibility index (Phi) is 3.87. The minimum atomic E-state index is 0.694. The van der Waals surface area contributed by atoms with E-state index in [1.54, 1.807) is 4.68 Å². The van der Waals surface area contributed by atoms with Crippen molar-refractivity contribution in [1.29, 1.82) is 0 Å². The van der Waals surface area contributed by atoms with Crippen LogP contribution in [0.5, 0.6) is 0 Å². The number of nitrogens with one attached hydrogen (secondary N) is 1. The predicted octanol–water partition coefficient (Wildman–Crippen LogP) is 4.30. The molecule has 1 aromatic carbocycles. The van der Waals surface area contributed by atoms with Gasteiger partial charge < -0.3 is 5.32 Å². The lowest BCUT2D eigenvalue weighted by molar-refractivity contribution is 0.774. The second-order valence-electron chi connectivity index (χ2n) is 4.91. The van der Waals surface area contributed by atoms with Gasteiger partial charge in [-0.05, 0) is 46.6 Å². The molecule has 0 atom stereocenters. The quantitative estimate of drug-likeness (QED) is 0.752. The van der Waals surface area contributed by atoms with Crippen LogP contribution in [-0.4, -0.2) is 14.8 Å². The lowest BCUT2D eigenvalue weighted by Gasteiger charge is -2.07. The van der Waals surface area contributed by atoms with Crippen molar-refractivity contribution in [2.45, 2.75) is 13.5 Å². The van der Waals surface area contributed by atoms with Gasteiger partial charge in [0.15, 0.2) is 5.65 Å². The Morgan fingerprint density at radius 1 is 1.33 bits per heavy atom. The molecule has 3 aromatic rings. The van der Waals surface area contributed by atoms with Crippen LogP contribution in [0.15, 0.2) is 34.9 Å². The van der Waals surface area contributed by atoms with Crippen molar-refractivity contribution in [1.82, 2.24) is 14.8 Å². The number of benzene rings is 1. The third-order valence-corrected chi connectivity index (χ3v) is 4.58. The summed E-state index contributed by atoms with van der Waals surface area (Å²) in [6.07, 6.45) is 1.82. The molecule has 0 aliphatic carbocycles. The average molecular weight is 366 g/mol. The van der Waals surface area contributed by atoms with Crippen molar-refractivity contribution < 1.29 is 0 Å². The van der Waals surface area contributed by atoms with Crippen molar-refractivity contribution in [3.63, 3.8) is 0 Å². The molecule has 4 nitrogen and oxygen atoms in total. The molecule has 0 aliphatic rings. The van der Waals surface area contributed by atoms with Gasteiger partial charge in [0.1, 0.15) is 0 Å². The van der Waals surface area contributed by atoms with Gasteiger partial charge in [-0.3, -0.25) is 4.68 Å². The Balaban J connectivity index is 1.81. The Labute approximate surface area is 136 Å². The first-order valence-electron chi connectivity index (χ1n) is 6.52. The smallest absolute Gasteiger partial charge is 0.157 e. The number of pyridine rings is 1. The third kappa shape index (κ3) is 2.89. The molecule has 0 saturated heterocycles. The fraction of sp³-hybridized carbons (Fsp3) is 0.200. The summed E-state index contributed by atoms with van der Waals surface area (Å²) in [5.41, 5.74) is 3.96. The zero-order valence-corrected chi connectivity index (χ0v) is 14.0.